The van der Waals surface area contributed by atoms with Gasteiger partial charge >= 0.3 is 0 Å². The summed E-state index contributed by atoms with van der Waals surface area (Å²) in [6.07, 6.45) is 7.08. The van der Waals surface area contributed by atoms with Crippen molar-refractivity contribution in [3.8, 4) is 12.3 Å². The first-order chi connectivity index (χ1) is 17.7. The highest BCUT2D eigenvalue weighted by Gasteiger charge is 2.27. The number of aliphatic hydroxyl groups is 1. The summed E-state index contributed by atoms with van der Waals surface area (Å²) in [7, 11) is 0. The number of carbonyl (C=O) groups is 3. The molecule has 0 atom stereocenters. The van der Waals surface area contributed by atoms with Crippen molar-refractivity contribution in [2.75, 3.05) is 51.2 Å². The summed E-state index contributed by atoms with van der Waals surface area (Å²) in [5.41, 5.74) is 4.69. The highest BCUT2D eigenvalue weighted by Crippen LogP contribution is 2.35. The molecule has 0 unspecified atom stereocenters. The van der Waals surface area contributed by atoms with E-state index in [4.69, 9.17) is 6.42 Å². The lowest BCUT2D eigenvalue weighted by molar-refractivity contribution is -0.110. The smallest absolute Gasteiger partial charge is 0.256 e. The molecule has 0 aliphatic carbocycles. The Labute approximate surface area is 217 Å². The Hall–Kier alpha value is -3.87. The third-order valence-corrected chi connectivity index (χ3v) is 6.59. The Bertz CT molecular complexity index is 1250. The molecule has 1 aliphatic rings. The van der Waals surface area contributed by atoms with E-state index in [9.17, 15) is 19.5 Å². The van der Waals surface area contributed by atoms with Crippen LogP contribution in [0.25, 0.3) is 11.6 Å². The Morgan fingerprint density at radius 3 is 2.57 bits per heavy atom. The number of H-pyrrole nitrogens is 1. The third kappa shape index (κ3) is 6.10. The van der Waals surface area contributed by atoms with E-state index in [1.165, 1.54) is 4.90 Å². The van der Waals surface area contributed by atoms with Crippen molar-refractivity contribution < 1.29 is 19.5 Å². The second-order valence-corrected chi connectivity index (χ2v) is 8.87. The van der Waals surface area contributed by atoms with Crippen molar-refractivity contribution in [2.45, 2.75) is 27.7 Å². The molecular weight excluding hydrogens is 470 g/mol. The SMILES string of the molecule is C#CCN(CCO)C(=O)c1ccc2c(c1)NC(=O)/C2=C\c1[nH]c(C)c(C(=O)NCCN(CC)CC)c1C. The lowest BCUT2D eigenvalue weighted by Crippen LogP contribution is -2.35. The number of amides is 3. The molecule has 2 aromatic rings. The minimum Gasteiger partial charge on any atom is -0.395 e. The second kappa shape index (κ2) is 12.4. The van der Waals surface area contributed by atoms with Crippen LogP contribution in [-0.4, -0.2) is 83.5 Å². The number of aliphatic hydroxyl groups excluding tert-OH is 1. The number of aromatic nitrogens is 1. The molecule has 0 saturated carbocycles. The van der Waals surface area contributed by atoms with Gasteiger partial charge < -0.3 is 30.5 Å². The summed E-state index contributed by atoms with van der Waals surface area (Å²) in [6.45, 7) is 11.0. The van der Waals surface area contributed by atoms with Crippen LogP contribution in [0.15, 0.2) is 18.2 Å². The van der Waals surface area contributed by atoms with Gasteiger partial charge in [-0.1, -0.05) is 25.8 Å². The maximum absolute atomic E-state index is 12.9. The zero-order valence-corrected chi connectivity index (χ0v) is 21.9. The van der Waals surface area contributed by atoms with Crippen LogP contribution in [0, 0.1) is 26.2 Å². The Kier molecular flexibility index (Phi) is 9.28. The largest absolute Gasteiger partial charge is 0.395 e. The van der Waals surface area contributed by atoms with Crippen molar-refractivity contribution in [3.05, 3.63) is 51.8 Å². The average Bonchev–Trinajstić information content (AvgIpc) is 3.34. The molecule has 2 heterocycles. The highest BCUT2D eigenvalue weighted by molar-refractivity contribution is 6.35. The van der Waals surface area contributed by atoms with E-state index in [1.54, 1.807) is 24.3 Å². The number of aromatic amines is 1. The van der Waals surface area contributed by atoms with Crippen LogP contribution < -0.4 is 10.6 Å². The number of likely N-dealkylation sites (N-methyl/N-ethyl adjacent to an activating group) is 1. The van der Waals surface area contributed by atoms with Crippen LogP contribution in [0.1, 0.15) is 57.1 Å². The number of anilines is 1. The van der Waals surface area contributed by atoms with Gasteiger partial charge in [0.2, 0.25) is 0 Å². The summed E-state index contributed by atoms with van der Waals surface area (Å²) >= 11 is 0. The number of aryl methyl sites for hydroxylation is 1. The van der Waals surface area contributed by atoms with Crippen molar-refractivity contribution >= 4 is 35.1 Å². The fraction of sp³-hybridized carbons (Fsp3) is 0.393. The van der Waals surface area contributed by atoms with E-state index in [-0.39, 0.29) is 37.4 Å². The van der Waals surface area contributed by atoms with E-state index in [1.807, 2.05) is 13.8 Å². The van der Waals surface area contributed by atoms with Gasteiger partial charge in [-0.2, -0.15) is 0 Å². The molecule has 0 radical (unpaired) electrons. The molecule has 3 rings (SSSR count). The molecule has 0 fully saturated rings. The Morgan fingerprint density at radius 1 is 1.19 bits per heavy atom. The van der Waals surface area contributed by atoms with Crippen LogP contribution in [-0.2, 0) is 4.79 Å². The van der Waals surface area contributed by atoms with Gasteiger partial charge in [-0.05, 0) is 50.7 Å². The van der Waals surface area contributed by atoms with Gasteiger partial charge in [0, 0.05) is 47.8 Å². The van der Waals surface area contributed by atoms with Crippen LogP contribution in [0.4, 0.5) is 5.69 Å². The summed E-state index contributed by atoms with van der Waals surface area (Å²) in [5.74, 6) is 1.64. The van der Waals surface area contributed by atoms with E-state index < -0.39 is 0 Å². The third-order valence-electron chi connectivity index (χ3n) is 6.59. The van der Waals surface area contributed by atoms with E-state index in [0.29, 0.717) is 40.2 Å². The number of nitrogens with zero attached hydrogens (tertiary/aromatic N) is 2. The predicted octanol–water partition coefficient (Wildman–Crippen LogP) is 2.26. The van der Waals surface area contributed by atoms with Gasteiger partial charge in [-0.15, -0.1) is 6.42 Å². The zero-order valence-electron chi connectivity index (χ0n) is 21.9. The van der Waals surface area contributed by atoms with Crippen LogP contribution in [0.2, 0.25) is 0 Å². The number of carbonyl (C=O) groups excluding carboxylic acids is 3. The number of hydrogen-bond acceptors (Lipinski definition) is 5. The van der Waals surface area contributed by atoms with Crippen LogP contribution in [0.5, 0.6) is 0 Å². The Morgan fingerprint density at radius 2 is 1.92 bits per heavy atom. The van der Waals surface area contributed by atoms with Crippen molar-refractivity contribution in [2.24, 2.45) is 0 Å². The van der Waals surface area contributed by atoms with E-state index in [2.05, 4.69) is 40.3 Å². The Balaban J connectivity index is 1.84. The lowest BCUT2D eigenvalue weighted by Gasteiger charge is -2.19. The van der Waals surface area contributed by atoms with Gasteiger partial charge in [0.25, 0.3) is 17.7 Å². The molecule has 9 heteroatoms. The molecule has 196 valence electrons. The summed E-state index contributed by atoms with van der Waals surface area (Å²) < 4.78 is 0. The van der Waals surface area contributed by atoms with E-state index >= 15 is 0 Å². The molecule has 4 N–H and O–H groups in total. The predicted molar refractivity (Wildman–Crippen MR) is 145 cm³/mol. The average molecular weight is 506 g/mol. The number of benzene rings is 1. The van der Waals surface area contributed by atoms with Gasteiger partial charge in [0.15, 0.2) is 0 Å². The molecule has 1 aromatic carbocycles. The number of hydrogen-bond donors (Lipinski definition) is 4. The zero-order chi connectivity index (χ0) is 27.1. The van der Waals surface area contributed by atoms with Gasteiger partial charge in [0.1, 0.15) is 0 Å². The molecule has 0 saturated heterocycles. The first kappa shape index (κ1) is 27.7. The van der Waals surface area contributed by atoms with Crippen molar-refractivity contribution in [1.29, 1.82) is 0 Å². The van der Waals surface area contributed by atoms with E-state index in [0.717, 1.165) is 30.9 Å². The molecule has 37 heavy (non-hydrogen) atoms. The van der Waals surface area contributed by atoms with Gasteiger partial charge in [-0.25, -0.2) is 0 Å². The summed E-state index contributed by atoms with van der Waals surface area (Å²) in [5, 5.41) is 15.0. The molecule has 0 bridgehead atoms. The summed E-state index contributed by atoms with van der Waals surface area (Å²) in [6, 6.07) is 4.96. The fourth-order valence-electron chi connectivity index (χ4n) is 4.50. The number of fused-ring (bicyclic) bond motifs is 1. The van der Waals surface area contributed by atoms with Gasteiger partial charge in [0.05, 0.1) is 24.3 Å². The first-order valence-corrected chi connectivity index (χ1v) is 12.5. The number of rotatable bonds is 11. The van der Waals surface area contributed by atoms with Gasteiger partial charge in [-0.3, -0.25) is 14.4 Å². The molecule has 1 aliphatic heterocycles. The van der Waals surface area contributed by atoms with Crippen molar-refractivity contribution in [1.82, 2.24) is 20.1 Å². The second-order valence-electron chi connectivity index (χ2n) is 8.87. The fourth-order valence-corrected chi connectivity index (χ4v) is 4.50. The molecule has 1 aromatic heterocycles. The maximum Gasteiger partial charge on any atom is 0.256 e. The molecular formula is C28H35N5O4. The van der Waals surface area contributed by atoms with Crippen LogP contribution >= 0.6 is 0 Å². The topological polar surface area (TPSA) is 118 Å². The minimum atomic E-state index is -0.325. The van der Waals surface area contributed by atoms with Crippen molar-refractivity contribution in [3.63, 3.8) is 0 Å². The number of terminal acetylenes is 1. The normalized spacial score (nSPS) is 13.4. The lowest BCUT2D eigenvalue weighted by atomic mass is 10.0. The highest BCUT2D eigenvalue weighted by atomic mass is 16.3. The minimum absolute atomic E-state index is 0.0742. The van der Waals surface area contributed by atoms with Crippen LogP contribution in [0.3, 0.4) is 0 Å². The summed E-state index contributed by atoms with van der Waals surface area (Å²) in [4.78, 5) is 45.4. The standard InChI is InChI=1S/C28H35N5O4/c1-6-12-33(14-15-34)28(37)20-9-10-21-22(26(35)31-24(21)16-20)17-23-18(4)25(19(5)30-23)27(36)29-11-13-32(7-2)8-3/h1,9-10,16-17,30,34H,7-8,11-15H2,2-5H3,(H,29,36)(H,31,35)/b22-17-. The molecule has 9 nitrogen and oxygen atoms in total. The monoisotopic (exact) mass is 505 g/mol. The first-order valence-electron chi connectivity index (χ1n) is 12.5. The quantitative estimate of drug-likeness (QED) is 0.276. The molecule has 3 amide bonds. The molecule has 0 spiro atoms. The number of nitrogens with one attached hydrogen (secondary N) is 3. The maximum atomic E-state index is 12.9.